The number of halogens is 1. The van der Waals surface area contributed by atoms with E-state index < -0.39 is 0 Å². The van der Waals surface area contributed by atoms with Gasteiger partial charge in [0.2, 0.25) is 0 Å². The van der Waals surface area contributed by atoms with Crippen LogP contribution in [0.15, 0.2) is 12.3 Å². The van der Waals surface area contributed by atoms with Crippen LogP contribution < -0.4 is 0 Å². The Morgan fingerprint density at radius 2 is 2.33 bits per heavy atom. The topological polar surface area (TPSA) is 25.8 Å². The predicted molar refractivity (Wildman–Crippen MR) is 51.1 cm³/mol. The number of hydrogen-bond acceptors (Lipinski definition) is 2. The van der Waals surface area contributed by atoms with Crippen molar-refractivity contribution in [2.75, 3.05) is 0 Å². The molecule has 64 valence electrons. The fraction of sp³-hybridized carbons (Fsp3) is 0.333. The largest absolute Gasteiger partial charge is 0.252 e. The van der Waals surface area contributed by atoms with Crippen LogP contribution in [0.3, 0.4) is 0 Å². The minimum absolute atomic E-state index is 0.458. The Morgan fingerprint density at radius 3 is 2.92 bits per heavy atom. The van der Waals surface area contributed by atoms with Crippen molar-refractivity contribution in [3.05, 3.63) is 28.8 Å². The Morgan fingerprint density at radius 1 is 1.58 bits per heavy atom. The highest BCUT2D eigenvalue weighted by Crippen LogP contribution is 2.10. The third-order valence-electron chi connectivity index (χ3n) is 1.51. The summed E-state index contributed by atoms with van der Waals surface area (Å²) in [6.45, 7) is 3.99. The van der Waals surface area contributed by atoms with Gasteiger partial charge in [0.1, 0.15) is 5.15 Å². The summed E-state index contributed by atoms with van der Waals surface area (Å²) in [5.41, 5.74) is 1.85. The molecule has 0 atom stereocenters. The van der Waals surface area contributed by atoms with Crippen molar-refractivity contribution in [1.29, 1.82) is 0 Å². The van der Waals surface area contributed by atoms with Gasteiger partial charge in [0.15, 0.2) is 0 Å². The molecule has 1 aromatic heterocycles. The fourth-order valence-electron chi connectivity index (χ4n) is 0.970. The van der Waals surface area contributed by atoms with Gasteiger partial charge in [-0.15, -0.1) is 0 Å². The van der Waals surface area contributed by atoms with E-state index in [1.165, 1.54) is 0 Å². The van der Waals surface area contributed by atoms with Crippen molar-refractivity contribution in [1.82, 2.24) is 9.97 Å². The standard InChI is InChI=1S/C9H11ClN2/c1-3-5-8-7(4-2)12-9(10)6-11-8/h3,5-6H,4H2,1-2H3/b5-3-. The molecule has 0 unspecified atom stereocenters. The maximum atomic E-state index is 5.70. The van der Waals surface area contributed by atoms with E-state index in [9.17, 15) is 0 Å². The van der Waals surface area contributed by atoms with Crippen LogP contribution in [0, 0.1) is 0 Å². The van der Waals surface area contributed by atoms with Gasteiger partial charge in [-0.1, -0.05) is 24.6 Å². The molecule has 0 aliphatic rings. The van der Waals surface area contributed by atoms with E-state index in [-0.39, 0.29) is 0 Å². The molecule has 0 saturated heterocycles. The van der Waals surface area contributed by atoms with E-state index >= 15 is 0 Å². The molecule has 1 aromatic rings. The van der Waals surface area contributed by atoms with Gasteiger partial charge in [-0.25, -0.2) is 4.98 Å². The molecule has 0 fully saturated rings. The summed E-state index contributed by atoms with van der Waals surface area (Å²) in [4.78, 5) is 8.32. The quantitative estimate of drug-likeness (QED) is 0.703. The van der Waals surface area contributed by atoms with Crippen LogP contribution in [0.5, 0.6) is 0 Å². The molecule has 1 heterocycles. The van der Waals surface area contributed by atoms with Gasteiger partial charge >= 0.3 is 0 Å². The molecule has 0 aromatic carbocycles. The van der Waals surface area contributed by atoms with Crippen molar-refractivity contribution in [2.45, 2.75) is 20.3 Å². The zero-order chi connectivity index (χ0) is 8.97. The Hall–Kier alpha value is -0.890. The van der Waals surface area contributed by atoms with Crippen LogP contribution in [0.1, 0.15) is 25.2 Å². The molecule has 0 amide bonds. The van der Waals surface area contributed by atoms with Crippen LogP contribution >= 0.6 is 11.6 Å². The van der Waals surface area contributed by atoms with Gasteiger partial charge in [-0.2, -0.15) is 0 Å². The molecular weight excluding hydrogens is 172 g/mol. The lowest BCUT2D eigenvalue weighted by molar-refractivity contribution is 0.988. The molecule has 0 bridgehead atoms. The SMILES string of the molecule is C/C=C\c1ncc(Cl)nc1CC. The summed E-state index contributed by atoms with van der Waals surface area (Å²) in [6.07, 6.45) is 6.29. The van der Waals surface area contributed by atoms with Crippen LogP contribution in [-0.4, -0.2) is 9.97 Å². The van der Waals surface area contributed by atoms with Crippen LogP contribution in [0.4, 0.5) is 0 Å². The summed E-state index contributed by atoms with van der Waals surface area (Å²) < 4.78 is 0. The molecule has 0 aliphatic carbocycles. The zero-order valence-corrected chi connectivity index (χ0v) is 7.97. The van der Waals surface area contributed by atoms with E-state index in [0.717, 1.165) is 17.8 Å². The lowest BCUT2D eigenvalue weighted by atomic mass is 10.2. The number of rotatable bonds is 2. The number of aryl methyl sites for hydroxylation is 1. The van der Waals surface area contributed by atoms with Gasteiger partial charge in [-0.3, -0.25) is 4.98 Å². The van der Waals surface area contributed by atoms with Crippen molar-refractivity contribution >= 4 is 17.7 Å². The number of aromatic nitrogens is 2. The van der Waals surface area contributed by atoms with Gasteiger partial charge < -0.3 is 0 Å². The highest BCUT2D eigenvalue weighted by Gasteiger charge is 2.00. The summed E-state index contributed by atoms with van der Waals surface area (Å²) in [5, 5.41) is 0.458. The molecule has 0 spiro atoms. The second-order valence-corrected chi connectivity index (χ2v) is 2.77. The predicted octanol–water partition coefficient (Wildman–Crippen LogP) is 2.73. The average Bonchev–Trinajstić information content (AvgIpc) is 2.08. The van der Waals surface area contributed by atoms with Gasteiger partial charge in [0, 0.05) is 0 Å². The molecular formula is C9H11ClN2. The van der Waals surface area contributed by atoms with Gasteiger partial charge in [0.25, 0.3) is 0 Å². The first kappa shape index (κ1) is 9.20. The minimum Gasteiger partial charge on any atom is -0.252 e. The summed E-state index contributed by atoms with van der Waals surface area (Å²) >= 11 is 5.70. The Balaban J connectivity index is 3.10. The van der Waals surface area contributed by atoms with Crippen molar-refractivity contribution in [3.63, 3.8) is 0 Å². The van der Waals surface area contributed by atoms with Gasteiger partial charge in [0.05, 0.1) is 17.6 Å². The molecule has 0 saturated carbocycles. The number of hydrogen-bond donors (Lipinski definition) is 0. The molecule has 2 nitrogen and oxygen atoms in total. The molecule has 0 aliphatic heterocycles. The molecule has 0 N–H and O–H groups in total. The summed E-state index contributed by atoms with van der Waals surface area (Å²) in [7, 11) is 0. The molecule has 1 rings (SSSR count). The fourth-order valence-corrected chi connectivity index (χ4v) is 1.12. The van der Waals surface area contributed by atoms with E-state index in [4.69, 9.17) is 11.6 Å². The third kappa shape index (κ3) is 2.05. The van der Waals surface area contributed by atoms with Crippen molar-refractivity contribution in [2.24, 2.45) is 0 Å². The normalized spacial score (nSPS) is 10.9. The summed E-state index contributed by atoms with van der Waals surface area (Å²) in [5.74, 6) is 0. The van der Waals surface area contributed by atoms with E-state index in [1.807, 2.05) is 26.0 Å². The highest BCUT2D eigenvalue weighted by molar-refractivity contribution is 6.29. The maximum Gasteiger partial charge on any atom is 0.147 e. The first-order valence-electron chi connectivity index (χ1n) is 3.92. The maximum absolute atomic E-state index is 5.70. The molecule has 0 radical (unpaired) electrons. The smallest absolute Gasteiger partial charge is 0.147 e. The van der Waals surface area contributed by atoms with E-state index in [1.54, 1.807) is 6.20 Å². The lowest BCUT2D eigenvalue weighted by Gasteiger charge is -2.00. The monoisotopic (exact) mass is 182 g/mol. The second-order valence-electron chi connectivity index (χ2n) is 2.38. The van der Waals surface area contributed by atoms with Crippen molar-refractivity contribution in [3.8, 4) is 0 Å². The minimum atomic E-state index is 0.458. The number of allylic oxidation sites excluding steroid dienone is 1. The zero-order valence-electron chi connectivity index (χ0n) is 7.21. The highest BCUT2D eigenvalue weighted by atomic mass is 35.5. The third-order valence-corrected chi connectivity index (χ3v) is 1.69. The average molecular weight is 183 g/mol. The van der Waals surface area contributed by atoms with Gasteiger partial charge in [-0.05, 0) is 19.4 Å². The number of nitrogens with zero attached hydrogens (tertiary/aromatic N) is 2. The Kier molecular flexibility index (Phi) is 3.23. The second kappa shape index (κ2) is 4.21. The van der Waals surface area contributed by atoms with Crippen molar-refractivity contribution < 1.29 is 0 Å². The Labute approximate surface area is 77.3 Å². The first-order chi connectivity index (χ1) is 5.77. The summed E-state index contributed by atoms with van der Waals surface area (Å²) in [6, 6.07) is 0. The first-order valence-corrected chi connectivity index (χ1v) is 4.29. The van der Waals surface area contributed by atoms with E-state index in [2.05, 4.69) is 9.97 Å². The molecule has 3 heteroatoms. The van der Waals surface area contributed by atoms with E-state index in [0.29, 0.717) is 5.15 Å². The Bertz CT molecular complexity index is 295. The van der Waals surface area contributed by atoms with Crippen LogP contribution in [-0.2, 0) is 6.42 Å². The lowest BCUT2D eigenvalue weighted by Crippen LogP contribution is -1.95. The van der Waals surface area contributed by atoms with Crippen LogP contribution in [0.25, 0.3) is 6.08 Å². The molecule has 12 heavy (non-hydrogen) atoms. The van der Waals surface area contributed by atoms with Crippen LogP contribution in [0.2, 0.25) is 5.15 Å².